The Hall–Kier alpha value is -2.11. The Kier molecular flexibility index (Phi) is 4.97. The van der Waals surface area contributed by atoms with Gasteiger partial charge in [-0.25, -0.2) is 0 Å². The maximum absolute atomic E-state index is 13.1. The number of hydrogen-bond acceptors (Lipinski definition) is 3. The summed E-state index contributed by atoms with van der Waals surface area (Å²) in [5.41, 5.74) is 4.94. The Balaban J connectivity index is 1.95. The minimum absolute atomic E-state index is 0.00116. The van der Waals surface area contributed by atoms with E-state index < -0.39 is 0 Å². The Morgan fingerprint density at radius 2 is 2.04 bits per heavy atom. The number of carbonyl (C=O) groups is 1. The summed E-state index contributed by atoms with van der Waals surface area (Å²) in [7, 11) is 0. The summed E-state index contributed by atoms with van der Waals surface area (Å²) >= 11 is 0. The number of rotatable bonds is 3. The third-order valence-electron chi connectivity index (χ3n) is 4.89. The Morgan fingerprint density at radius 3 is 2.72 bits per heavy atom. The molecule has 134 valence electrons. The van der Waals surface area contributed by atoms with E-state index in [4.69, 9.17) is 4.74 Å². The molecule has 1 aliphatic rings. The van der Waals surface area contributed by atoms with Crippen LogP contribution in [0, 0.1) is 20.8 Å². The lowest BCUT2D eigenvalue weighted by Crippen LogP contribution is -2.52. The van der Waals surface area contributed by atoms with E-state index in [0.29, 0.717) is 18.7 Å². The molecule has 2 aromatic rings. The smallest absolute Gasteiger partial charge is 0.256 e. The van der Waals surface area contributed by atoms with E-state index in [-0.39, 0.29) is 24.7 Å². The van der Waals surface area contributed by atoms with Crippen molar-refractivity contribution in [3.05, 3.63) is 52.8 Å². The number of nitrogens with zero attached hydrogens (tertiary/aromatic N) is 2. The highest BCUT2D eigenvalue weighted by Crippen LogP contribution is 2.24. The molecule has 1 aromatic carbocycles. The highest BCUT2D eigenvalue weighted by Gasteiger charge is 2.31. The number of ether oxygens (including phenoxy) is 1. The first-order valence-corrected chi connectivity index (χ1v) is 8.71. The van der Waals surface area contributed by atoms with Gasteiger partial charge in [0.05, 0.1) is 30.9 Å². The molecule has 1 fully saturated rings. The van der Waals surface area contributed by atoms with E-state index in [0.717, 1.165) is 17.1 Å². The second-order valence-corrected chi connectivity index (χ2v) is 6.90. The van der Waals surface area contributed by atoms with E-state index in [1.54, 1.807) is 0 Å². The summed E-state index contributed by atoms with van der Waals surface area (Å²) in [4.78, 5) is 14.9. The van der Waals surface area contributed by atoms with Crippen LogP contribution in [-0.2, 0) is 4.74 Å². The van der Waals surface area contributed by atoms with Gasteiger partial charge in [0.2, 0.25) is 0 Å². The first kappa shape index (κ1) is 17.7. The fourth-order valence-corrected chi connectivity index (χ4v) is 3.51. The monoisotopic (exact) mass is 342 g/mol. The number of amides is 1. The number of aromatic nitrogens is 1. The summed E-state index contributed by atoms with van der Waals surface area (Å²) in [6.45, 7) is 8.85. The van der Waals surface area contributed by atoms with Crippen molar-refractivity contribution in [2.75, 3.05) is 19.8 Å². The number of hydrogen-bond donors (Lipinski definition) is 1. The van der Waals surface area contributed by atoms with Crippen LogP contribution in [0.3, 0.4) is 0 Å². The highest BCUT2D eigenvalue weighted by atomic mass is 16.5. The van der Waals surface area contributed by atoms with Gasteiger partial charge in [-0.1, -0.05) is 12.1 Å². The predicted molar refractivity (Wildman–Crippen MR) is 97.3 cm³/mol. The van der Waals surface area contributed by atoms with Crippen molar-refractivity contribution in [1.82, 2.24) is 9.47 Å². The number of morpholine rings is 1. The fraction of sp³-hybridized carbons (Fsp3) is 0.450. The quantitative estimate of drug-likeness (QED) is 0.933. The van der Waals surface area contributed by atoms with E-state index in [2.05, 4.69) is 29.7 Å². The average Bonchev–Trinajstić information content (AvgIpc) is 2.89. The van der Waals surface area contributed by atoms with E-state index in [9.17, 15) is 9.90 Å². The van der Waals surface area contributed by atoms with Crippen molar-refractivity contribution in [3.63, 3.8) is 0 Å². The van der Waals surface area contributed by atoms with E-state index >= 15 is 0 Å². The Bertz CT molecular complexity index is 781. The molecule has 0 radical (unpaired) electrons. The maximum Gasteiger partial charge on any atom is 0.256 e. The van der Waals surface area contributed by atoms with Crippen molar-refractivity contribution in [3.8, 4) is 5.69 Å². The number of carbonyl (C=O) groups excluding carboxylic acids is 1. The van der Waals surface area contributed by atoms with Crippen LogP contribution in [0.2, 0.25) is 0 Å². The molecular formula is C20H26N2O3. The third-order valence-corrected chi connectivity index (χ3v) is 4.89. The largest absolute Gasteiger partial charge is 0.394 e. The van der Waals surface area contributed by atoms with Gasteiger partial charge in [0, 0.05) is 23.6 Å². The van der Waals surface area contributed by atoms with Gasteiger partial charge >= 0.3 is 0 Å². The summed E-state index contributed by atoms with van der Waals surface area (Å²) in [6, 6.07) is 10.2. The van der Waals surface area contributed by atoms with Crippen molar-refractivity contribution >= 4 is 5.91 Å². The minimum Gasteiger partial charge on any atom is -0.394 e. The molecule has 0 saturated carbocycles. The van der Waals surface area contributed by atoms with Crippen LogP contribution in [0.15, 0.2) is 30.3 Å². The van der Waals surface area contributed by atoms with Gasteiger partial charge in [-0.15, -0.1) is 0 Å². The first-order valence-electron chi connectivity index (χ1n) is 8.71. The molecule has 25 heavy (non-hydrogen) atoms. The zero-order valence-corrected chi connectivity index (χ0v) is 15.3. The molecule has 0 spiro atoms. The Morgan fingerprint density at radius 1 is 1.28 bits per heavy atom. The van der Waals surface area contributed by atoms with Crippen LogP contribution >= 0.6 is 0 Å². The van der Waals surface area contributed by atoms with Gasteiger partial charge in [-0.3, -0.25) is 4.79 Å². The molecule has 2 atom stereocenters. The molecule has 1 saturated heterocycles. The zero-order chi connectivity index (χ0) is 18.1. The molecule has 2 unspecified atom stereocenters. The summed E-state index contributed by atoms with van der Waals surface area (Å²) in [5.74, 6) is 0.00116. The maximum atomic E-state index is 13.1. The van der Waals surface area contributed by atoms with Crippen LogP contribution in [0.5, 0.6) is 0 Å². The lowest BCUT2D eigenvalue weighted by atomic mass is 10.1. The summed E-state index contributed by atoms with van der Waals surface area (Å²) in [6.07, 6.45) is -0.305. The van der Waals surface area contributed by atoms with Gasteiger partial charge in [-0.05, 0) is 51.5 Å². The van der Waals surface area contributed by atoms with Crippen molar-refractivity contribution in [2.45, 2.75) is 39.8 Å². The molecule has 1 aliphatic heterocycles. The molecule has 5 heteroatoms. The minimum atomic E-state index is -0.305. The van der Waals surface area contributed by atoms with Crippen LogP contribution < -0.4 is 0 Å². The van der Waals surface area contributed by atoms with Crippen LogP contribution in [0.25, 0.3) is 5.69 Å². The topological polar surface area (TPSA) is 54.7 Å². The highest BCUT2D eigenvalue weighted by molar-refractivity contribution is 5.96. The van der Waals surface area contributed by atoms with Crippen molar-refractivity contribution in [1.29, 1.82) is 0 Å². The molecule has 0 bridgehead atoms. The van der Waals surface area contributed by atoms with Gasteiger partial charge in [-0.2, -0.15) is 0 Å². The molecule has 1 amide bonds. The molecule has 2 heterocycles. The first-order chi connectivity index (χ1) is 11.9. The predicted octanol–water partition coefficient (Wildman–Crippen LogP) is 2.62. The summed E-state index contributed by atoms with van der Waals surface area (Å²) < 4.78 is 7.67. The fourth-order valence-electron chi connectivity index (χ4n) is 3.51. The molecular weight excluding hydrogens is 316 g/mol. The van der Waals surface area contributed by atoms with Gasteiger partial charge in [0.15, 0.2) is 0 Å². The zero-order valence-electron chi connectivity index (χ0n) is 15.3. The average molecular weight is 342 g/mol. The molecule has 5 nitrogen and oxygen atoms in total. The van der Waals surface area contributed by atoms with Crippen molar-refractivity contribution in [2.24, 2.45) is 0 Å². The van der Waals surface area contributed by atoms with Crippen LogP contribution in [-0.4, -0.2) is 52.4 Å². The van der Waals surface area contributed by atoms with E-state index in [1.165, 1.54) is 5.56 Å². The lowest BCUT2D eigenvalue weighted by Gasteiger charge is -2.37. The van der Waals surface area contributed by atoms with Crippen LogP contribution in [0.4, 0.5) is 0 Å². The normalized spacial score (nSPS) is 20.8. The molecule has 1 aromatic heterocycles. The SMILES string of the molecule is Cc1cccc(-n2c(C)cc(C(=O)N3CC(CO)OCC3C)c2C)c1. The number of benzene rings is 1. The Labute approximate surface area is 148 Å². The second-order valence-electron chi connectivity index (χ2n) is 6.90. The molecule has 1 N–H and O–H groups in total. The molecule has 3 rings (SSSR count). The van der Waals surface area contributed by atoms with E-state index in [1.807, 2.05) is 37.8 Å². The number of aliphatic hydroxyl groups excluding tert-OH is 1. The van der Waals surface area contributed by atoms with Gasteiger partial charge in [0.1, 0.15) is 0 Å². The number of aryl methyl sites for hydroxylation is 2. The molecule has 0 aliphatic carbocycles. The van der Waals surface area contributed by atoms with Crippen molar-refractivity contribution < 1.29 is 14.6 Å². The van der Waals surface area contributed by atoms with Crippen LogP contribution in [0.1, 0.15) is 34.2 Å². The number of aliphatic hydroxyl groups is 1. The van der Waals surface area contributed by atoms with Gasteiger partial charge in [0.25, 0.3) is 5.91 Å². The van der Waals surface area contributed by atoms with Gasteiger partial charge < -0.3 is 19.3 Å². The lowest BCUT2D eigenvalue weighted by molar-refractivity contribution is -0.0667. The second kappa shape index (κ2) is 7.02. The standard InChI is InChI=1S/C20H26N2O3/c1-13-6-5-7-17(8-13)22-14(2)9-19(16(22)4)20(24)21-10-18(11-23)25-12-15(21)3/h5-9,15,18,23H,10-12H2,1-4H3. The third kappa shape index (κ3) is 3.34. The summed E-state index contributed by atoms with van der Waals surface area (Å²) in [5, 5.41) is 9.36.